The zero-order valence-corrected chi connectivity index (χ0v) is 19.3. The van der Waals surface area contributed by atoms with Crippen LogP contribution in [0.5, 0.6) is 5.75 Å². The molecule has 0 radical (unpaired) electrons. The zero-order chi connectivity index (χ0) is 24.1. The highest BCUT2D eigenvalue weighted by Crippen LogP contribution is 2.26. The Morgan fingerprint density at radius 3 is 2.53 bits per heavy atom. The van der Waals surface area contributed by atoms with Gasteiger partial charge in [0.15, 0.2) is 0 Å². The molecule has 1 aromatic carbocycles. The van der Waals surface area contributed by atoms with Gasteiger partial charge in [-0.15, -0.1) is 0 Å². The molecule has 0 spiro atoms. The van der Waals surface area contributed by atoms with Crippen LogP contribution in [0.4, 0.5) is 10.5 Å². The fourth-order valence-electron chi connectivity index (χ4n) is 3.66. The number of anilines is 1. The number of methoxy groups -OCH3 is 1. The molecule has 2 rings (SSSR count). The summed E-state index contributed by atoms with van der Waals surface area (Å²) in [6.07, 6.45) is 0.654. The number of benzene rings is 1. The van der Waals surface area contributed by atoms with E-state index in [1.807, 2.05) is 20.8 Å². The van der Waals surface area contributed by atoms with Crippen LogP contribution < -0.4 is 21.1 Å². The third-order valence-electron chi connectivity index (χ3n) is 5.07. The molecule has 1 aliphatic heterocycles. The number of urea groups is 1. The second kappa shape index (κ2) is 10.3. The van der Waals surface area contributed by atoms with Gasteiger partial charge in [0.05, 0.1) is 19.7 Å². The molecule has 1 heterocycles. The highest BCUT2D eigenvalue weighted by molar-refractivity contribution is 5.94. The van der Waals surface area contributed by atoms with E-state index < -0.39 is 29.9 Å². The van der Waals surface area contributed by atoms with Gasteiger partial charge in [0.2, 0.25) is 17.7 Å². The lowest BCUT2D eigenvalue weighted by atomic mass is 9.91. The number of amides is 5. The minimum atomic E-state index is -0.926. The molecule has 1 aromatic rings. The Bertz CT molecular complexity index is 867. The van der Waals surface area contributed by atoms with Crippen molar-refractivity contribution < 1.29 is 23.9 Å². The number of ether oxygens (including phenoxy) is 1. The van der Waals surface area contributed by atoms with Crippen LogP contribution in [-0.2, 0) is 14.4 Å². The Kier molecular flexibility index (Phi) is 8.07. The molecule has 5 amide bonds. The predicted molar refractivity (Wildman–Crippen MR) is 120 cm³/mol. The number of hydrogen-bond acceptors (Lipinski definition) is 5. The normalized spacial score (nSPS) is 18.1. The first-order valence-corrected chi connectivity index (χ1v) is 10.5. The van der Waals surface area contributed by atoms with Gasteiger partial charge in [0.1, 0.15) is 11.8 Å². The van der Waals surface area contributed by atoms with Crippen molar-refractivity contribution in [3.05, 3.63) is 24.3 Å². The van der Waals surface area contributed by atoms with E-state index in [1.165, 1.54) is 24.0 Å². The molecule has 1 aliphatic rings. The average Bonchev–Trinajstić information content (AvgIpc) is 3.09. The van der Waals surface area contributed by atoms with Crippen molar-refractivity contribution in [3.8, 4) is 5.75 Å². The van der Waals surface area contributed by atoms with Gasteiger partial charge in [-0.3, -0.25) is 14.4 Å². The number of likely N-dealkylation sites (tertiary alicyclic amines) is 1. The molecule has 0 aromatic heterocycles. The van der Waals surface area contributed by atoms with Gasteiger partial charge in [-0.2, -0.15) is 0 Å². The summed E-state index contributed by atoms with van der Waals surface area (Å²) in [5.74, 6) is -0.702. The van der Waals surface area contributed by atoms with Crippen LogP contribution in [0, 0.1) is 5.41 Å². The lowest BCUT2D eigenvalue weighted by molar-refractivity contribution is -0.145. The Balaban J connectivity index is 2.19. The first-order valence-electron chi connectivity index (χ1n) is 10.5. The molecule has 32 heavy (non-hydrogen) atoms. The molecule has 10 heteroatoms. The number of carbonyl (C=O) groups is 4. The Morgan fingerprint density at radius 1 is 1.25 bits per heavy atom. The summed E-state index contributed by atoms with van der Waals surface area (Å²) in [5.41, 5.74) is 5.49. The van der Waals surface area contributed by atoms with Gasteiger partial charge in [-0.25, -0.2) is 4.79 Å². The van der Waals surface area contributed by atoms with E-state index >= 15 is 0 Å². The maximum atomic E-state index is 13.1. The molecule has 1 saturated heterocycles. The van der Waals surface area contributed by atoms with Gasteiger partial charge in [0.25, 0.3) is 0 Å². The van der Waals surface area contributed by atoms with Gasteiger partial charge >= 0.3 is 6.03 Å². The van der Waals surface area contributed by atoms with Crippen LogP contribution in [0.2, 0.25) is 0 Å². The summed E-state index contributed by atoms with van der Waals surface area (Å²) in [6.45, 7) is 5.86. The molecular formula is C22H33N5O5. The molecular weight excluding hydrogens is 414 g/mol. The zero-order valence-electron chi connectivity index (χ0n) is 19.3. The fourth-order valence-corrected chi connectivity index (χ4v) is 3.66. The van der Waals surface area contributed by atoms with Gasteiger partial charge < -0.3 is 30.9 Å². The van der Waals surface area contributed by atoms with Crippen molar-refractivity contribution in [2.24, 2.45) is 11.1 Å². The molecule has 0 unspecified atom stereocenters. The van der Waals surface area contributed by atoms with E-state index in [2.05, 4.69) is 10.6 Å². The molecule has 2 atom stereocenters. The second-order valence-electron chi connectivity index (χ2n) is 9.16. The summed E-state index contributed by atoms with van der Waals surface area (Å²) in [4.78, 5) is 52.7. The molecule has 10 nitrogen and oxygen atoms in total. The Labute approximate surface area is 188 Å². The molecule has 176 valence electrons. The van der Waals surface area contributed by atoms with E-state index in [1.54, 1.807) is 24.3 Å². The number of nitrogens with one attached hydrogen (secondary N) is 2. The minimum Gasteiger partial charge on any atom is -0.497 e. The SMILES string of the molecule is COc1cccc(NC(=O)N[C@H]2CCN(C(=O)CC(C)(C)C)[C@@H]2C(=O)N(C)CC(N)=O)c1. The van der Waals surface area contributed by atoms with E-state index in [-0.39, 0.29) is 24.3 Å². The molecule has 1 fully saturated rings. The number of likely N-dealkylation sites (N-methyl/N-ethyl adjacent to an activating group) is 1. The maximum Gasteiger partial charge on any atom is 0.319 e. The summed E-state index contributed by atoms with van der Waals surface area (Å²) in [5, 5.41) is 5.52. The number of hydrogen-bond donors (Lipinski definition) is 3. The van der Waals surface area contributed by atoms with Crippen LogP contribution >= 0.6 is 0 Å². The van der Waals surface area contributed by atoms with E-state index in [0.717, 1.165) is 0 Å². The van der Waals surface area contributed by atoms with E-state index in [0.29, 0.717) is 24.4 Å². The standard InChI is InChI=1S/C22H33N5O5/c1-22(2,3)12-18(29)27-10-9-16(19(27)20(30)26(4)13-17(23)28)25-21(31)24-14-7-6-8-15(11-14)32-5/h6-8,11,16,19H,9-10,12-13H2,1-5H3,(H2,23,28)(H2,24,25,31)/t16-,19-/m0/s1. The number of primary amides is 1. The van der Waals surface area contributed by atoms with Gasteiger partial charge in [0, 0.05) is 31.8 Å². The molecule has 0 saturated carbocycles. The first-order chi connectivity index (χ1) is 14.9. The van der Waals surface area contributed by atoms with Crippen LogP contribution in [-0.4, -0.2) is 72.9 Å². The number of nitrogens with two attached hydrogens (primary N) is 1. The second-order valence-corrected chi connectivity index (χ2v) is 9.16. The largest absolute Gasteiger partial charge is 0.497 e. The Hall–Kier alpha value is -3.30. The van der Waals surface area contributed by atoms with Crippen molar-refractivity contribution in [1.82, 2.24) is 15.1 Å². The number of rotatable bonds is 7. The maximum absolute atomic E-state index is 13.1. The number of carbonyl (C=O) groups excluding carboxylic acids is 4. The van der Waals surface area contributed by atoms with Crippen molar-refractivity contribution in [2.45, 2.75) is 45.7 Å². The highest BCUT2D eigenvalue weighted by Gasteiger charge is 2.44. The van der Waals surface area contributed by atoms with Crippen molar-refractivity contribution >= 4 is 29.4 Å². The van der Waals surface area contributed by atoms with Crippen LogP contribution in [0.25, 0.3) is 0 Å². The lowest BCUT2D eigenvalue weighted by Crippen LogP contribution is -2.56. The van der Waals surface area contributed by atoms with Gasteiger partial charge in [-0.05, 0) is 24.0 Å². The molecule has 4 N–H and O–H groups in total. The average molecular weight is 448 g/mol. The smallest absolute Gasteiger partial charge is 0.319 e. The van der Waals surface area contributed by atoms with Crippen molar-refractivity contribution in [1.29, 1.82) is 0 Å². The third-order valence-corrected chi connectivity index (χ3v) is 5.07. The fraction of sp³-hybridized carbons (Fsp3) is 0.545. The third kappa shape index (κ3) is 6.86. The van der Waals surface area contributed by atoms with Crippen molar-refractivity contribution in [3.63, 3.8) is 0 Å². The highest BCUT2D eigenvalue weighted by atomic mass is 16.5. The monoisotopic (exact) mass is 447 g/mol. The summed E-state index contributed by atoms with van der Waals surface area (Å²) in [6, 6.07) is 4.81. The minimum absolute atomic E-state index is 0.180. The summed E-state index contributed by atoms with van der Waals surface area (Å²) < 4.78 is 5.15. The Morgan fingerprint density at radius 2 is 1.94 bits per heavy atom. The molecule has 0 bridgehead atoms. The van der Waals surface area contributed by atoms with Crippen molar-refractivity contribution in [2.75, 3.05) is 32.6 Å². The quantitative estimate of drug-likeness (QED) is 0.577. The van der Waals surface area contributed by atoms with Crippen LogP contribution in [0.15, 0.2) is 24.3 Å². The summed E-state index contributed by atoms with van der Waals surface area (Å²) >= 11 is 0. The first kappa shape index (κ1) is 25.0. The van der Waals surface area contributed by atoms with E-state index in [4.69, 9.17) is 10.5 Å². The number of nitrogens with zero attached hydrogens (tertiary/aromatic N) is 2. The van der Waals surface area contributed by atoms with Crippen LogP contribution in [0.1, 0.15) is 33.6 Å². The van der Waals surface area contributed by atoms with Crippen LogP contribution in [0.3, 0.4) is 0 Å². The molecule has 0 aliphatic carbocycles. The lowest BCUT2D eigenvalue weighted by Gasteiger charge is -2.32. The summed E-state index contributed by atoms with van der Waals surface area (Å²) in [7, 11) is 2.98. The predicted octanol–water partition coefficient (Wildman–Crippen LogP) is 1.17. The van der Waals surface area contributed by atoms with E-state index in [9.17, 15) is 19.2 Å². The van der Waals surface area contributed by atoms with Gasteiger partial charge in [-0.1, -0.05) is 26.8 Å². The topological polar surface area (TPSA) is 134 Å².